The van der Waals surface area contributed by atoms with Gasteiger partial charge in [-0.3, -0.25) is 0 Å². The summed E-state index contributed by atoms with van der Waals surface area (Å²) < 4.78 is 2.25. The van der Waals surface area contributed by atoms with Crippen LogP contribution in [0.1, 0.15) is 18.9 Å². The van der Waals surface area contributed by atoms with Gasteiger partial charge in [-0.25, -0.2) is 12.1 Å². The van der Waals surface area contributed by atoms with E-state index in [0.29, 0.717) is 0 Å². The zero-order valence-corrected chi connectivity index (χ0v) is 21.5. The van der Waals surface area contributed by atoms with E-state index in [-0.39, 0.29) is 50.7 Å². The van der Waals surface area contributed by atoms with Crippen LogP contribution in [0.3, 0.4) is 0 Å². The molecule has 5 aromatic rings. The molecule has 4 heteroatoms. The van der Waals surface area contributed by atoms with E-state index in [4.69, 9.17) is 0 Å². The van der Waals surface area contributed by atoms with Crippen LogP contribution in [0.5, 0.6) is 0 Å². The smallest absolute Gasteiger partial charge is 1.00 e. The summed E-state index contributed by atoms with van der Waals surface area (Å²) in [5.41, 5.74) is 3.96. The normalized spacial score (nSPS) is 9.69. The zero-order valence-electron chi connectivity index (χ0n) is 16.4. The van der Waals surface area contributed by atoms with E-state index >= 15 is 0 Å². The first-order valence-electron chi connectivity index (χ1n) is 9.27. The van der Waals surface area contributed by atoms with Gasteiger partial charge in [0.15, 0.2) is 0 Å². The monoisotopic (exact) mass is 587 g/mol. The molecule has 0 saturated carbocycles. The van der Waals surface area contributed by atoms with Gasteiger partial charge in [-0.2, -0.15) is 17.7 Å². The van der Waals surface area contributed by atoms with Crippen molar-refractivity contribution in [2.75, 3.05) is 0 Å². The fraction of sp³-hybridized carbons (Fsp3) is 0.120. The fourth-order valence-electron chi connectivity index (χ4n) is 3.45. The summed E-state index contributed by atoms with van der Waals surface area (Å²) in [4.78, 5) is 0. The zero-order chi connectivity index (χ0) is 17.8. The number of rotatable bonds is 3. The summed E-state index contributed by atoms with van der Waals surface area (Å²) in [7, 11) is 0. The van der Waals surface area contributed by atoms with E-state index in [0.717, 1.165) is 0 Å². The van der Waals surface area contributed by atoms with Crippen molar-refractivity contribution in [2.45, 2.75) is 19.8 Å². The molecule has 0 amide bonds. The second kappa shape index (κ2) is 12.2. The van der Waals surface area contributed by atoms with Crippen LogP contribution < -0.4 is 24.8 Å². The third-order valence-electron chi connectivity index (χ3n) is 4.75. The molecule has 1 aromatic heterocycles. The Bertz CT molecular complexity index is 1070. The largest absolute Gasteiger partial charge is 4.00 e. The van der Waals surface area contributed by atoms with E-state index in [2.05, 4.69) is 109 Å². The van der Waals surface area contributed by atoms with Gasteiger partial charge >= 0.3 is 25.8 Å². The summed E-state index contributed by atoms with van der Waals surface area (Å²) in [6, 6.07) is 32.1. The molecule has 0 bridgehead atoms. The van der Waals surface area contributed by atoms with Gasteiger partial charge in [0.05, 0.1) is 5.52 Å². The topological polar surface area (TPSA) is 4.93 Å². The van der Waals surface area contributed by atoms with E-state index in [9.17, 15) is 0 Å². The van der Waals surface area contributed by atoms with Crippen molar-refractivity contribution >= 4 is 21.7 Å². The Labute approximate surface area is 204 Å². The number of hydrogen-bond donors (Lipinski definition) is 0. The molecule has 0 aliphatic heterocycles. The summed E-state index contributed by atoms with van der Waals surface area (Å²) in [5, 5.41) is 3.87. The SMILES string of the molecule is CCC[c-]1cccc1.[Cl-].[Cl-].[Hf+4].c1ccc2[cH-]c(-n3ccc4ccccc43)cc2c1. The number of aryl methyl sites for hydroxylation is 1. The van der Waals surface area contributed by atoms with Gasteiger partial charge in [0.25, 0.3) is 0 Å². The molecule has 0 atom stereocenters. The van der Waals surface area contributed by atoms with Gasteiger partial charge in [0.1, 0.15) is 0 Å². The van der Waals surface area contributed by atoms with Crippen molar-refractivity contribution in [1.82, 2.24) is 4.57 Å². The fourth-order valence-corrected chi connectivity index (χ4v) is 3.45. The standard InChI is InChI=1S/C17H12N.C8H11.2ClH.Hf/c1-2-7-15-12-16(11-14(15)6-1)18-10-9-13-5-3-4-8-17(13)18;1-2-5-8-6-3-4-7-8;;;/h1-12H;3-4,6-7H,2,5H2,1H3;2*1H;/q2*-1;;;+4/p-2. The molecule has 4 aromatic carbocycles. The molecule has 0 saturated heterocycles. The van der Waals surface area contributed by atoms with Crippen LogP contribution in [0, 0.1) is 0 Å². The summed E-state index contributed by atoms with van der Waals surface area (Å²) in [5.74, 6) is 0. The van der Waals surface area contributed by atoms with Crippen molar-refractivity contribution in [3.05, 3.63) is 103 Å². The molecule has 0 spiro atoms. The Morgan fingerprint density at radius 2 is 1.48 bits per heavy atom. The number of halogens is 2. The summed E-state index contributed by atoms with van der Waals surface area (Å²) >= 11 is 0. The molecule has 0 unspecified atom stereocenters. The quantitative estimate of drug-likeness (QED) is 0.219. The first kappa shape index (κ1) is 25.4. The second-order valence-corrected chi connectivity index (χ2v) is 6.63. The Balaban J connectivity index is 0.000000332. The van der Waals surface area contributed by atoms with Crippen LogP contribution in [0.15, 0.2) is 97.2 Å². The molecule has 29 heavy (non-hydrogen) atoms. The number of nitrogens with zero attached hydrogens (tertiary/aromatic N) is 1. The first-order valence-corrected chi connectivity index (χ1v) is 9.27. The number of hydrogen-bond acceptors (Lipinski definition) is 0. The Morgan fingerprint density at radius 1 is 0.828 bits per heavy atom. The molecule has 1 nitrogen and oxygen atoms in total. The van der Waals surface area contributed by atoms with Crippen LogP contribution in [-0.2, 0) is 32.3 Å². The maximum Gasteiger partial charge on any atom is 4.00 e. The van der Waals surface area contributed by atoms with Crippen molar-refractivity contribution in [2.24, 2.45) is 0 Å². The molecular weight excluding hydrogens is 564 g/mol. The molecule has 146 valence electrons. The van der Waals surface area contributed by atoms with Crippen LogP contribution in [0.4, 0.5) is 0 Å². The number of fused-ring (bicyclic) bond motifs is 2. The van der Waals surface area contributed by atoms with Crippen molar-refractivity contribution in [3.63, 3.8) is 0 Å². The van der Waals surface area contributed by atoms with Crippen LogP contribution >= 0.6 is 0 Å². The minimum atomic E-state index is 0. The van der Waals surface area contributed by atoms with Gasteiger partial charge in [-0.05, 0) is 23.2 Å². The third-order valence-corrected chi connectivity index (χ3v) is 4.75. The molecule has 5 rings (SSSR count). The predicted molar refractivity (Wildman–Crippen MR) is 112 cm³/mol. The number of benzene rings is 2. The first-order chi connectivity index (χ1) is 12.8. The van der Waals surface area contributed by atoms with E-state index in [1.807, 2.05) is 0 Å². The van der Waals surface area contributed by atoms with Crippen LogP contribution in [-0.4, -0.2) is 4.57 Å². The maximum absolute atomic E-state index is 2.25. The van der Waals surface area contributed by atoms with Crippen molar-refractivity contribution < 1.29 is 50.7 Å². The van der Waals surface area contributed by atoms with Gasteiger partial charge < -0.3 is 29.4 Å². The van der Waals surface area contributed by atoms with Crippen LogP contribution in [0.25, 0.3) is 27.4 Å². The summed E-state index contributed by atoms with van der Waals surface area (Å²) in [6.07, 6.45) is 4.62. The van der Waals surface area contributed by atoms with E-state index < -0.39 is 0 Å². The maximum atomic E-state index is 2.25. The Morgan fingerprint density at radius 3 is 2.17 bits per heavy atom. The Hall–Kier alpha value is -1.61. The summed E-state index contributed by atoms with van der Waals surface area (Å²) in [6.45, 7) is 2.20. The minimum absolute atomic E-state index is 0. The van der Waals surface area contributed by atoms with Gasteiger partial charge in [0.2, 0.25) is 0 Å². The molecule has 0 N–H and O–H groups in total. The third kappa shape index (κ3) is 5.94. The van der Waals surface area contributed by atoms with Gasteiger partial charge in [-0.15, -0.1) is 41.1 Å². The molecule has 1 heterocycles. The average Bonchev–Trinajstić information content (AvgIpc) is 3.41. The molecular formula is C25H23Cl2HfN. The van der Waals surface area contributed by atoms with Crippen LogP contribution in [0.2, 0.25) is 0 Å². The Kier molecular flexibility index (Phi) is 10.7. The molecule has 0 aliphatic carbocycles. The second-order valence-electron chi connectivity index (χ2n) is 6.63. The average molecular weight is 587 g/mol. The number of aromatic nitrogens is 1. The minimum Gasteiger partial charge on any atom is -1.00 e. The molecule has 0 radical (unpaired) electrons. The molecule has 0 aliphatic rings. The van der Waals surface area contributed by atoms with E-state index in [1.165, 1.54) is 45.8 Å². The van der Waals surface area contributed by atoms with Crippen molar-refractivity contribution in [1.29, 1.82) is 0 Å². The van der Waals surface area contributed by atoms with E-state index in [1.54, 1.807) is 0 Å². The van der Waals surface area contributed by atoms with Crippen molar-refractivity contribution in [3.8, 4) is 5.69 Å². The predicted octanol–water partition coefficient (Wildman–Crippen LogP) is 0.866. The van der Waals surface area contributed by atoms with Gasteiger partial charge in [-0.1, -0.05) is 44.0 Å². The molecule has 0 fully saturated rings. The van der Waals surface area contributed by atoms with Gasteiger partial charge in [0, 0.05) is 6.20 Å². The number of para-hydroxylation sites is 1.